The van der Waals surface area contributed by atoms with E-state index in [4.69, 9.17) is 0 Å². The molecule has 0 radical (unpaired) electrons. The van der Waals surface area contributed by atoms with Crippen molar-refractivity contribution in [2.45, 2.75) is 25.2 Å². The van der Waals surface area contributed by atoms with Crippen LogP contribution in [-0.2, 0) is 6.42 Å². The number of allylic oxidation sites excluding steroid dienone is 6. The van der Waals surface area contributed by atoms with Crippen LogP contribution in [0.3, 0.4) is 0 Å². The zero-order valence-corrected chi connectivity index (χ0v) is 18.2. The monoisotopic (exact) mass is 410 g/mol. The molecule has 0 saturated carbocycles. The summed E-state index contributed by atoms with van der Waals surface area (Å²) in [7, 11) is 2.20. The highest BCUT2D eigenvalue weighted by atomic mass is 15.6. The molecule has 1 atom stereocenters. The molecule has 5 aliphatic rings. The maximum absolute atomic E-state index is 2.42. The molecule has 1 aromatic rings. The normalized spacial score (nSPS) is 25.1. The first-order chi connectivity index (χ1) is 15.3. The lowest BCUT2D eigenvalue weighted by molar-refractivity contribution is 0.0171. The average molecular weight is 411 g/mol. The highest BCUT2D eigenvalue weighted by Crippen LogP contribution is 2.43. The number of hydrogen-bond acceptors (Lipinski definition) is 4. The topological polar surface area (TPSA) is 13.0 Å². The second-order valence-electron chi connectivity index (χ2n) is 9.08. The Balaban J connectivity index is 1.26. The SMILES string of the molecule is CN1CCN(N2C=CN(C3=CCCc4c3ccc3c4C=CC4=CC=CCC43)C=C2)CC1. The number of rotatable bonds is 2. The van der Waals surface area contributed by atoms with Gasteiger partial charge in [-0.1, -0.05) is 48.6 Å². The third kappa shape index (κ3) is 3.31. The minimum Gasteiger partial charge on any atom is -0.321 e. The second kappa shape index (κ2) is 7.70. The van der Waals surface area contributed by atoms with Crippen molar-refractivity contribution in [2.24, 2.45) is 0 Å². The van der Waals surface area contributed by atoms with Crippen molar-refractivity contribution in [2.75, 3.05) is 33.2 Å². The molecule has 158 valence electrons. The summed E-state index contributed by atoms with van der Waals surface area (Å²) in [6.07, 6.45) is 26.0. The minimum absolute atomic E-state index is 0.525. The first kappa shape index (κ1) is 18.9. The molecule has 1 saturated heterocycles. The molecule has 0 aromatic heterocycles. The Morgan fingerprint density at radius 2 is 1.77 bits per heavy atom. The quantitative estimate of drug-likeness (QED) is 0.701. The van der Waals surface area contributed by atoms with Gasteiger partial charge in [0, 0.05) is 68.2 Å². The lowest BCUT2D eigenvalue weighted by Crippen LogP contribution is -2.49. The van der Waals surface area contributed by atoms with Crippen molar-refractivity contribution in [3.8, 4) is 0 Å². The third-order valence-corrected chi connectivity index (χ3v) is 7.26. The van der Waals surface area contributed by atoms with E-state index in [2.05, 4.69) is 100 Å². The number of fused-ring (bicyclic) bond motifs is 5. The molecule has 2 aliphatic heterocycles. The number of hydrogen-bond donors (Lipinski definition) is 0. The summed E-state index contributed by atoms with van der Waals surface area (Å²) in [5.74, 6) is 0.525. The maximum Gasteiger partial charge on any atom is 0.0486 e. The molecule has 0 spiro atoms. The van der Waals surface area contributed by atoms with Crippen molar-refractivity contribution in [1.29, 1.82) is 0 Å². The van der Waals surface area contributed by atoms with Gasteiger partial charge in [-0.05, 0) is 48.6 Å². The Hall–Kier alpha value is -2.82. The lowest BCUT2D eigenvalue weighted by atomic mass is 9.75. The van der Waals surface area contributed by atoms with E-state index >= 15 is 0 Å². The molecule has 1 fully saturated rings. The first-order valence-corrected chi connectivity index (χ1v) is 11.6. The fourth-order valence-electron chi connectivity index (χ4n) is 5.46. The van der Waals surface area contributed by atoms with E-state index in [1.807, 2.05) is 0 Å². The second-order valence-corrected chi connectivity index (χ2v) is 9.08. The smallest absolute Gasteiger partial charge is 0.0486 e. The summed E-state index contributed by atoms with van der Waals surface area (Å²) in [6, 6.07) is 4.74. The predicted octanol–water partition coefficient (Wildman–Crippen LogP) is 4.69. The van der Waals surface area contributed by atoms with Gasteiger partial charge in [0.25, 0.3) is 0 Å². The van der Waals surface area contributed by atoms with Crippen molar-refractivity contribution in [3.63, 3.8) is 0 Å². The molecule has 1 aromatic carbocycles. The average Bonchev–Trinajstić information content (AvgIpc) is 2.84. The van der Waals surface area contributed by atoms with Crippen molar-refractivity contribution in [1.82, 2.24) is 19.8 Å². The van der Waals surface area contributed by atoms with E-state index in [1.54, 1.807) is 0 Å². The number of piperazine rings is 1. The van der Waals surface area contributed by atoms with Gasteiger partial charge in [0.1, 0.15) is 0 Å². The number of likely N-dealkylation sites (N-methyl/N-ethyl adjacent to an activating group) is 1. The van der Waals surface area contributed by atoms with Crippen LogP contribution in [0.5, 0.6) is 0 Å². The molecule has 6 rings (SSSR count). The Morgan fingerprint density at radius 1 is 0.935 bits per heavy atom. The Bertz CT molecular complexity index is 1050. The van der Waals surface area contributed by atoms with Crippen LogP contribution in [0.25, 0.3) is 11.8 Å². The molecule has 0 amide bonds. The molecule has 2 heterocycles. The maximum atomic E-state index is 2.42. The largest absolute Gasteiger partial charge is 0.321 e. The standard InChI is InChI=1S/C27H30N4/c1-28-13-17-30(18-14-28)31-19-15-29(16-20-31)27-8-4-7-23-25-10-9-21-5-2-3-6-22(21)24(25)11-12-26(23)27/h2-3,5,8-12,15-16,19-20,22H,4,6-7,13-14,17-18H2,1H3. The summed E-state index contributed by atoms with van der Waals surface area (Å²) < 4.78 is 0. The fraction of sp³-hybridized carbons (Fsp3) is 0.333. The van der Waals surface area contributed by atoms with Crippen LogP contribution >= 0.6 is 0 Å². The van der Waals surface area contributed by atoms with Crippen LogP contribution in [0.2, 0.25) is 0 Å². The van der Waals surface area contributed by atoms with Crippen LogP contribution in [0.4, 0.5) is 0 Å². The minimum atomic E-state index is 0.525. The zero-order valence-electron chi connectivity index (χ0n) is 18.2. The Labute approximate surface area is 185 Å². The fourth-order valence-corrected chi connectivity index (χ4v) is 5.46. The van der Waals surface area contributed by atoms with Crippen LogP contribution in [-0.4, -0.2) is 53.0 Å². The van der Waals surface area contributed by atoms with Crippen LogP contribution in [0, 0.1) is 0 Å². The van der Waals surface area contributed by atoms with Gasteiger partial charge in [0.15, 0.2) is 0 Å². The molecule has 4 nitrogen and oxygen atoms in total. The van der Waals surface area contributed by atoms with Gasteiger partial charge >= 0.3 is 0 Å². The number of hydrazine groups is 1. The molecule has 0 bridgehead atoms. The number of nitrogens with zero attached hydrogens (tertiary/aromatic N) is 4. The van der Waals surface area contributed by atoms with Gasteiger partial charge in [-0.2, -0.15) is 0 Å². The van der Waals surface area contributed by atoms with E-state index in [1.165, 1.54) is 33.5 Å². The third-order valence-electron chi connectivity index (χ3n) is 7.26. The highest BCUT2D eigenvalue weighted by Gasteiger charge is 2.27. The first-order valence-electron chi connectivity index (χ1n) is 11.6. The Morgan fingerprint density at radius 3 is 2.61 bits per heavy atom. The molecular weight excluding hydrogens is 380 g/mol. The van der Waals surface area contributed by atoms with E-state index in [9.17, 15) is 0 Å². The summed E-state index contributed by atoms with van der Waals surface area (Å²) in [4.78, 5) is 4.68. The van der Waals surface area contributed by atoms with Crippen molar-refractivity contribution >= 4 is 11.8 Å². The van der Waals surface area contributed by atoms with Crippen LogP contribution < -0.4 is 0 Å². The van der Waals surface area contributed by atoms with Gasteiger partial charge in [-0.25, -0.2) is 5.01 Å². The molecule has 4 heteroatoms. The van der Waals surface area contributed by atoms with Gasteiger partial charge in [-0.15, -0.1) is 0 Å². The van der Waals surface area contributed by atoms with Crippen LogP contribution in [0.15, 0.2) is 72.9 Å². The van der Waals surface area contributed by atoms with Crippen LogP contribution in [0.1, 0.15) is 41.0 Å². The van der Waals surface area contributed by atoms with E-state index in [0.717, 1.165) is 45.4 Å². The van der Waals surface area contributed by atoms with Crippen molar-refractivity contribution in [3.05, 3.63) is 95.1 Å². The van der Waals surface area contributed by atoms with Crippen molar-refractivity contribution < 1.29 is 0 Å². The Kier molecular flexibility index (Phi) is 4.70. The molecule has 0 N–H and O–H groups in total. The summed E-state index contributed by atoms with van der Waals surface area (Å²) >= 11 is 0. The molecule has 31 heavy (non-hydrogen) atoms. The molecule has 3 aliphatic carbocycles. The van der Waals surface area contributed by atoms with Gasteiger partial charge in [-0.3, -0.25) is 5.01 Å². The highest BCUT2D eigenvalue weighted by molar-refractivity contribution is 5.78. The summed E-state index contributed by atoms with van der Waals surface area (Å²) in [5, 5.41) is 4.66. The van der Waals surface area contributed by atoms with Gasteiger partial charge < -0.3 is 9.80 Å². The van der Waals surface area contributed by atoms with Gasteiger partial charge in [0.05, 0.1) is 0 Å². The number of benzene rings is 1. The zero-order chi connectivity index (χ0) is 20.8. The molecular formula is C27H30N4. The van der Waals surface area contributed by atoms with E-state index in [0.29, 0.717) is 5.92 Å². The van der Waals surface area contributed by atoms with Gasteiger partial charge in [0.2, 0.25) is 0 Å². The summed E-state index contributed by atoms with van der Waals surface area (Å²) in [6.45, 7) is 4.38. The van der Waals surface area contributed by atoms with E-state index in [-0.39, 0.29) is 0 Å². The van der Waals surface area contributed by atoms with E-state index < -0.39 is 0 Å². The summed E-state index contributed by atoms with van der Waals surface area (Å²) in [5.41, 5.74) is 8.63. The molecule has 1 unspecified atom stereocenters. The predicted molar refractivity (Wildman–Crippen MR) is 127 cm³/mol. The lowest BCUT2D eigenvalue weighted by Gasteiger charge is -2.40.